The zero-order valence-electron chi connectivity index (χ0n) is 10.5. The van der Waals surface area contributed by atoms with Crippen LogP contribution in [0, 0.1) is 0 Å². The van der Waals surface area contributed by atoms with E-state index in [9.17, 15) is 0 Å². The Balaban J connectivity index is 2.42. The molecule has 2 N–H and O–H groups in total. The standard InChI is InChI=1S/C11H23N3OS/c1-4-15-11(2,3)9-13-10(12)14-5-7-16-8-6-14/h4-9H2,1-3H3,(H2,12,13). The van der Waals surface area contributed by atoms with Crippen LogP contribution in [0.15, 0.2) is 4.99 Å². The molecule has 5 heteroatoms. The molecule has 0 atom stereocenters. The van der Waals surface area contributed by atoms with Gasteiger partial charge in [0.15, 0.2) is 5.96 Å². The third kappa shape index (κ3) is 4.61. The van der Waals surface area contributed by atoms with Crippen LogP contribution in [0.5, 0.6) is 0 Å². The smallest absolute Gasteiger partial charge is 0.191 e. The molecular formula is C11H23N3OS. The molecule has 1 aliphatic heterocycles. The normalized spacial score (nSPS) is 18.9. The molecule has 16 heavy (non-hydrogen) atoms. The molecule has 0 unspecified atom stereocenters. The van der Waals surface area contributed by atoms with Crippen LogP contribution >= 0.6 is 11.8 Å². The highest BCUT2D eigenvalue weighted by molar-refractivity contribution is 7.99. The largest absolute Gasteiger partial charge is 0.374 e. The monoisotopic (exact) mass is 245 g/mol. The fraction of sp³-hybridized carbons (Fsp3) is 0.909. The quantitative estimate of drug-likeness (QED) is 0.596. The van der Waals surface area contributed by atoms with Crippen LogP contribution in [-0.2, 0) is 4.74 Å². The summed E-state index contributed by atoms with van der Waals surface area (Å²) < 4.78 is 5.58. The first-order valence-corrected chi connectivity index (χ1v) is 6.97. The second kappa shape index (κ2) is 6.35. The molecule has 0 spiro atoms. The number of nitrogens with two attached hydrogens (primary N) is 1. The second-order valence-electron chi connectivity index (χ2n) is 4.47. The van der Waals surface area contributed by atoms with Crippen molar-refractivity contribution in [3.63, 3.8) is 0 Å². The lowest BCUT2D eigenvalue weighted by Crippen LogP contribution is -2.43. The van der Waals surface area contributed by atoms with E-state index in [4.69, 9.17) is 10.5 Å². The van der Waals surface area contributed by atoms with Crippen molar-refractivity contribution in [3.8, 4) is 0 Å². The Morgan fingerprint density at radius 3 is 2.62 bits per heavy atom. The van der Waals surface area contributed by atoms with Crippen LogP contribution in [0.3, 0.4) is 0 Å². The molecule has 1 saturated heterocycles. The Morgan fingerprint density at radius 2 is 2.06 bits per heavy atom. The van der Waals surface area contributed by atoms with Gasteiger partial charge in [0.05, 0.1) is 12.1 Å². The number of nitrogens with zero attached hydrogens (tertiary/aromatic N) is 2. The lowest BCUT2D eigenvalue weighted by Gasteiger charge is -2.28. The van der Waals surface area contributed by atoms with Gasteiger partial charge < -0.3 is 15.4 Å². The van der Waals surface area contributed by atoms with Crippen LogP contribution < -0.4 is 5.73 Å². The molecule has 0 aromatic rings. The highest BCUT2D eigenvalue weighted by Crippen LogP contribution is 2.11. The Kier molecular flexibility index (Phi) is 5.41. The van der Waals surface area contributed by atoms with E-state index < -0.39 is 0 Å². The first kappa shape index (κ1) is 13.6. The number of guanidine groups is 1. The Bertz CT molecular complexity index is 237. The van der Waals surface area contributed by atoms with E-state index in [2.05, 4.69) is 9.89 Å². The topological polar surface area (TPSA) is 50.9 Å². The second-order valence-corrected chi connectivity index (χ2v) is 5.69. The summed E-state index contributed by atoms with van der Waals surface area (Å²) in [5, 5.41) is 0. The molecule has 0 aromatic carbocycles. The maximum Gasteiger partial charge on any atom is 0.191 e. The van der Waals surface area contributed by atoms with Gasteiger partial charge in [-0.05, 0) is 20.8 Å². The Morgan fingerprint density at radius 1 is 1.44 bits per heavy atom. The first-order chi connectivity index (χ1) is 7.55. The Hall–Kier alpha value is -0.420. The molecule has 94 valence electrons. The van der Waals surface area contributed by atoms with Crippen molar-refractivity contribution >= 4 is 17.7 Å². The van der Waals surface area contributed by atoms with Gasteiger partial charge in [-0.25, -0.2) is 0 Å². The van der Waals surface area contributed by atoms with Crippen molar-refractivity contribution < 1.29 is 4.74 Å². The summed E-state index contributed by atoms with van der Waals surface area (Å²) in [6, 6.07) is 0. The molecule has 1 fully saturated rings. The van der Waals surface area contributed by atoms with Gasteiger partial charge in [-0.3, -0.25) is 4.99 Å². The third-order valence-corrected chi connectivity index (χ3v) is 3.43. The van der Waals surface area contributed by atoms with Gasteiger partial charge in [0.1, 0.15) is 0 Å². The van der Waals surface area contributed by atoms with Crippen molar-refractivity contribution in [2.75, 3.05) is 37.7 Å². The van der Waals surface area contributed by atoms with Crippen molar-refractivity contribution in [1.82, 2.24) is 4.90 Å². The average Bonchev–Trinajstić information content (AvgIpc) is 2.27. The predicted molar refractivity (Wildman–Crippen MR) is 71.1 cm³/mol. The van der Waals surface area contributed by atoms with Gasteiger partial charge in [-0.15, -0.1) is 0 Å². The van der Waals surface area contributed by atoms with E-state index in [-0.39, 0.29) is 5.60 Å². The molecule has 0 saturated carbocycles. The van der Waals surface area contributed by atoms with Gasteiger partial charge in [-0.2, -0.15) is 11.8 Å². The number of thioether (sulfide) groups is 1. The highest BCUT2D eigenvalue weighted by Gasteiger charge is 2.18. The maximum absolute atomic E-state index is 5.96. The van der Waals surface area contributed by atoms with E-state index in [1.54, 1.807) is 0 Å². The molecule has 1 rings (SSSR count). The van der Waals surface area contributed by atoms with E-state index in [0.29, 0.717) is 19.1 Å². The number of aliphatic imine (C=N–C) groups is 1. The highest BCUT2D eigenvalue weighted by atomic mass is 32.2. The number of ether oxygens (including phenoxy) is 1. The third-order valence-electron chi connectivity index (χ3n) is 2.49. The van der Waals surface area contributed by atoms with Crippen LogP contribution in [-0.4, -0.2) is 54.2 Å². The van der Waals surface area contributed by atoms with Crippen molar-refractivity contribution in [2.45, 2.75) is 26.4 Å². The predicted octanol–water partition coefficient (Wildman–Crippen LogP) is 1.17. The summed E-state index contributed by atoms with van der Waals surface area (Å²) in [4.78, 5) is 6.58. The van der Waals surface area contributed by atoms with E-state index in [1.807, 2.05) is 32.5 Å². The fourth-order valence-electron chi connectivity index (χ4n) is 1.60. The molecule has 1 aliphatic rings. The minimum atomic E-state index is -0.218. The van der Waals surface area contributed by atoms with E-state index >= 15 is 0 Å². The minimum Gasteiger partial charge on any atom is -0.374 e. The van der Waals surface area contributed by atoms with Crippen molar-refractivity contribution in [2.24, 2.45) is 10.7 Å². The zero-order valence-corrected chi connectivity index (χ0v) is 11.3. The zero-order chi connectivity index (χ0) is 12.0. The molecule has 1 heterocycles. The molecule has 0 aromatic heterocycles. The van der Waals surface area contributed by atoms with Crippen LogP contribution in [0.25, 0.3) is 0 Å². The van der Waals surface area contributed by atoms with Crippen molar-refractivity contribution in [1.29, 1.82) is 0 Å². The summed E-state index contributed by atoms with van der Waals surface area (Å²) >= 11 is 1.97. The first-order valence-electron chi connectivity index (χ1n) is 5.82. The summed E-state index contributed by atoms with van der Waals surface area (Å²) in [6.45, 7) is 9.43. The maximum atomic E-state index is 5.96. The molecule has 4 nitrogen and oxygen atoms in total. The van der Waals surface area contributed by atoms with Gasteiger partial charge >= 0.3 is 0 Å². The van der Waals surface area contributed by atoms with Crippen LogP contribution in [0.2, 0.25) is 0 Å². The molecule has 0 amide bonds. The average molecular weight is 245 g/mol. The Labute approximate surface area is 103 Å². The van der Waals surface area contributed by atoms with Gasteiger partial charge in [-0.1, -0.05) is 0 Å². The summed E-state index contributed by atoms with van der Waals surface area (Å²) in [5.41, 5.74) is 5.74. The lowest BCUT2D eigenvalue weighted by atomic mass is 10.1. The minimum absolute atomic E-state index is 0.218. The summed E-state index contributed by atoms with van der Waals surface area (Å²) in [5.74, 6) is 2.95. The van der Waals surface area contributed by atoms with E-state index in [0.717, 1.165) is 24.6 Å². The molecule has 0 bridgehead atoms. The number of hydrogen-bond donors (Lipinski definition) is 1. The van der Waals surface area contributed by atoms with Crippen LogP contribution in [0.4, 0.5) is 0 Å². The van der Waals surface area contributed by atoms with E-state index in [1.165, 1.54) is 0 Å². The lowest BCUT2D eigenvalue weighted by molar-refractivity contribution is -0.00228. The van der Waals surface area contributed by atoms with Gasteiger partial charge in [0.2, 0.25) is 0 Å². The van der Waals surface area contributed by atoms with Gasteiger partial charge in [0, 0.05) is 31.2 Å². The summed E-state index contributed by atoms with van der Waals surface area (Å²) in [6.07, 6.45) is 0. The van der Waals surface area contributed by atoms with Crippen molar-refractivity contribution in [3.05, 3.63) is 0 Å². The molecular weight excluding hydrogens is 222 g/mol. The van der Waals surface area contributed by atoms with Gasteiger partial charge in [0.25, 0.3) is 0 Å². The fourth-order valence-corrected chi connectivity index (χ4v) is 2.50. The molecule has 0 radical (unpaired) electrons. The van der Waals surface area contributed by atoms with Crippen LogP contribution in [0.1, 0.15) is 20.8 Å². The number of rotatable bonds is 4. The number of hydrogen-bond acceptors (Lipinski definition) is 3. The summed E-state index contributed by atoms with van der Waals surface area (Å²) in [7, 11) is 0. The SMILES string of the molecule is CCOC(C)(C)CN=C(N)N1CCSCC1. The molecule has 0 aliphatic carbocycles.